The lowest BCUT2D eigenvalue weighted by molar-refractivity contribution is 0.190. The van der Waals surface area contributed by atoms with E-state index in [2.05, 4.69) is 54.7 Å². The largest absolute Gasteiger partial charge is 0.493 e. The lowest BCUT2D eigenvalue weighted by atomic mass is 10.0. The first kappa shape index (κ1) is 17.5. The summed E-state index contributed by atoms with van der Waals surface area (Å²) in [5.41, 5.74) is 3.77. The molecule has 0 heterocycles. The number of aliphatic hydroxyl groups is 1. The molecule has 0 aliphatic carbocycles. The van der Waals surface area contributed by atoms with Gasteiger partial charge in [-0.1, -0.05) is 48.0 Å². The van der Waals surface area contributed by atoms with Gasteiger partial charge in [0.05, 0.1) is 12.7 Å². The van der Waals surface area contributed by atoms with Crippen molar-refractivity contribution in [3.8, 4) is 5.75 Å². The van der Waals surface area contributed by atoms with E-state index in [1.807, 2.05) is 6.07 Å². The number of hydrogen-bond donors (Lipinski definition) is 2. The summed E-state index contributed by atoms with van der Waals surface area (Å²) in [6.45, 7) is 6.05. The molecule has 1 atom stereocenters. The van der Waals surface area contributed by atoms with Crippen LogP contribution in [0.4, 0.5) is 0 Å². The minimum atomic E-state index is -0.300. The lowest BCUT2D eigenvalue weighted by Crippen LogP contribution is -2.26. The summed E-state index contributed by atoms with van der Waals surface area (Å²) in [6, 6.07) is 16.8. The topological polar surface area (TPSA) is 41.5 Å². The van der Waals surface area contributed by atoms with Crippen molar-refractivity contribution in [2.24, 2.45) is 0 Å². The summed E-state index contributed by atoms with van der Waals surface area (Å²) in [4.78, 5) is 0. The molecule has 2 rings (SSSR count). The molecule has 0 aliphatic rings. The van der Waals surface area contributed by atoms with Crippen molar-refractivity contribution in [1.29, 1.82) is 0 Å². The van der Waals surface area contributed by atoms with Crippen LogP contribution in [0.5, 0.6) is 5.75 Å². The fourth-order valence-corrected chi connectivity index (χ4v) is 2.49. The second-order valence-corrected chi connectivity index (χ2v) is 6.03. The number of nitrogens with one attached hydrogen (secondary N) is 1. The van der Waals surface area contributed by atoms with E-state index in [1.165, 1.54) is 16.7 Å². The fourth-order valence-electron chi connectivity index (χ4n) is 2.49. The Labute approximate surface area is 139 Å². The van der Waals surface area contributed by atoms with Gasteiger partial charge in [-0.05, 0) is 44.0 Å². The van der Waals surface area contributed by atoms with Gasteiger partial charge in [0.2, 0.25) is 0 Å². The van der Waals surface area contributed by atoms with E-state index < -0.39 is 0 Å². The third-order valence-electron chi connectivity index (χ3n) is 3.65. The van der Waals surface area contributed by atoms with Gasteiger partial charge >= 0.3 is 0 Å². The Morgan fingerprint density at radius 2 is 1.91 bits per heavy atom. The number of aryl methyl sites for hydroxylation is 1. The molecule has 0 radical (unpaired) electrons. The van der Waals surface area contributed by atoms with Crippen molar-refractivity contribution >= 4 is 0 Å². The standard InChI is InChI=1S/C20H27NO2/c1-16-9-10-20(23-12-6-11-21-15-17(2)22)19(13-16)14-18-7-4-3-5-8-18/h3-5,7-10,13,17,21-22H,6,11-12,14-15H2,1-2H3. The molecule has 0 spiro atoms. The van der Waals surface area contributed by atoms with Crippen LogP contribution < -0.4 is 10.1 Å². The molecule has 0 saturated carbocycles. The second-order valence-electron chi connectivity index (χ2n) is 6.03. The molecule has 2 N–H and O–H groups in total. The molecule has 23 heavy (non-hydrogen) atoms. The molecule has 2 aromatic carbocycles. The first-order chi connectivity index (χ1) is 11.1. The van der Waals surface area contributed by atoms with Gasteiger partial charge in [-0.3, -0.25) is 0 Å². The van der Waals surface area contributed by atoms with Crippen LogP contribution in [-0.4, -0.2) is 30.9 Å². The zero-order chi connectivity index (χ0) is 16.5. The normalized spacial score (nSPS) is 12.1. The number of aliphatic hydroxyl groups excluding tert-OH is 1. The number of ether oxygens (including phenoxy) is 1. The second kappa shape index (κ2) is 9.33. The minimum absolute atomic E-state index is 0.300. The summed E-state index contributed by atoms with van der Waals surface area (Å²) < 4.78 is 5.97. The highest BCUT2D eigenvalue weighted by atomic mass is 16.5. The van der Waals surface area contributed by atoms with Crippen molar-refractivity contribution < 1.29 is 9.84 Å². The molecule has 2 aromatic rings. The van der Waals surface area contributed by atoms with Crippen LogP contribution in [0.2, 0.25) is 0 Å². The maximum atomic E-state index is 9.20. The summed E-state index contributed by atoms with van der Waals surface area (Å²) in [6.07, 6.45) is 1.51. The number of hydrogen-bond acceptors (Lipinski definition) is 3. The molecule has 0 amide bonds. The molecular weight excluding hydrogens is 286 g/mol. The molecule has 1 unspecified atom stereocenters. The first-order valence-electron chi connectivity index (χ1n) is 8.30. The zero-order valence-corrected chi connectivity index (χ0v) is 14.1. The summed E-state index contributed by atoms with van der Waals surface area (Å²) in [7, 11) is 0. The highest BCUT2D eigenvalue weighted by Crippen LogP contribution is 2.23. The van der Waals surface area contributed by atoms with Gasteiger partial charge in [0.1, 0.15) is 5.75 Å². The summed E-state index contributed by atoms with van der Waals surface area (Å²) >= 11 is 0. The van der Waals surface area contributed by atoms with Crippen molar-refractivity contribution in [3.05, 3.63) is 65.2 Å². The third kappa shape index (κ3) is 6.43. The highest BCUT2D eigenvalue weighted by molar-refractivity contribution is 5.40. The summed E-state index contributed by atoms with van der Waals surface area (Å²) in [5.74, 6) is 0.968. The first-order valence-corrected chi connectivity index (χ1v) is 8.30. The van der Waals surface area contributed by atoms with Crippen LogP contribution in [0, 0.1) is 6.92 Å². The van der Waals surface area contributed by atoms with Gasteiger partial charge in [-0.15, -0.1) is 0 Å². The number of rotatable bonds is 9. The van der Waals surface area contributed by atoms with Gasteiger partial charge in [0.15, 0.2) is 0 Å². The van der Waals surface area contributed by atoms with Gasteiger partial charge in [0.25, 0.3) is 0 Å². The lowest BCUT2D eigenvalue weighted by Gasteiger charge is -2.13. The maximum absolute atomic E-state index is 9.20. The van der Waals surface area contributed by atoms with Gasteiger partial charge in [-0.25, -0.2) is 0 Å². The summed E-state index contributed by atoms with van der Waals surface area (Å²) in [5, 5.41) is 12.4. The van der Waals surface area contributed by atoms with E-state index in [4.69, 9.17) is 4.74 Å². The van der Waals surface area contributed by atoms with Crippen LogP contribution in [-0.2, 0) is 6.42 Å². The van der Waals surface area contributed by atoms with E-state index in [-0.39, 0.29) is 6.10 Å². The van der Waals surface area contributed by atoms with E-state index in [0.717, 1.165) is 25.1 Å². The SMILES string of the molecule is Cc1ccc(OCCCNCC(C)O)c(Cc2ccccc2)c1. The van der Waals surface area contributed by atoms with Crippen LogP contribution in [0.15, 0.2) is 48.5 Å². The Kier molecular flexibility index (Phi) is 7.11. The molecule has 0 saturated heterocycles. The fraction of sp³-hybridized carbons (Fsp3) is 0.400. The van der Waals surface area contributed by atoms with Crippen LogP contribution in [0.1, 0.15) is 30.0 Å². The predicted octanol–water partition coefficient (Wildman–Crippen LogP) is 3.33. The molecule has 0 fully saturated rings. The average molecular weight is 313 g/mol. The Balaban J connectivity index is 1.88. The predicted molar refractivity (Wildman–Crippen MR) is 95.1 cm³/mol. The van der Waals surface area contributed by atoms with Crippen molar-refractivity contribution in [3.63, 3.8) is 0 Å². The monoisotopic (exact) mass is 313 g/mol. The Hall–Kier alpha value is -1.84. The molecule has 0 aromatic heterocycles. The average Bonchev–Trinajstić information content (AvgIpc) is 2.53. The van der Waals surface area contributed by atoms with E-state index >= 15 is 0 Å². The molecule has 124 valence electrons. The molecule has 0 aliphatic heterocycles. The Bertz CT molecular complexity index is 581. The van der Waals surface area contributed by atoms with E-state index in [1.54, 1.807) is 6.92 Å². The van der Waals surface area contributed by atoms with Crippen molar-refractivity contribution in [2.75, 3.05) is 19.7 Å². The third-order valence-corrected chi connectivity index (χ3v) is 3.65. The molecular formula is C20H27NO2. The van der Waals surface area contributed by atoms with Crippen molar-refractivity contribution in [2.45, 2.75) is 32.8 Å². The molecule has 3 nitrogen and oxygen atoms in total. The van der Waals surface area contributed by atoms with Crippen LogP contribution in [0.25, 0.3) is 0 Å². The van der Waals surface area contributed by atoms with Gasteiger partial charge in [0, 0.05) is 13.0 Å². The van der Waals surface area contributed by atoms with Crippen LogP contribution >= 0.6 is 0 Å². The van der Waals surface area contributed by atoms with Gasteiger partial charge < -0.3 is 15.2 Å². The van der Waals surface area contributed by atoms with Crippen molar-refractivity contribution in [1.82, 2.24) is 5.32 Å². The van der Waals surface area contributed by atoms with Gasteiger partial charge in [-0.2, -0.15) is 0 Å². The maximum Gasteiger partial charge on any atom is 0.122 e. The Morgan fingerprint density at radius 3 is 2.65 bits per heavy atom. The smallest absolute Gasteiger partial charge is 0.122 e. The van der Waals surface area contributed by atoms with E-state index in [9.17, 15) is 5.11 Å². The Morgan fingerprint density at radius 1 is 1.13 bits per heavy atom. The molecule has 0 bridgehead atoms. The molecule has 3 heteroatoms. The highest BCUT2D eigenvalue weighted by Gasteiger charge is 2.05. The van der Waals surface area contributed by atoms with E-state index in [0.29, 0.717) is 13.2 Å². The zero-order valence-electron chi connectivity index (χ0n) is 14.1. The number of benzene rings is 2. The van der Waals surface area contributed by atoms with Crippen LogP contribution in [0.3, 0.4) is 0 Å². The quantitative estimate of drug-likeness (QED) is 0.698. The minimum Gasteiger partial charge on any atom is -0.493 e.